The van der Waals surface area contributed by atoms with Crippen LogP contribution in [0.4, 0.5) is 5.82 Å². The van der Waals surface area contributed by atoms with E-state index >= 15 is 0 Å². The molecule has 0 aliphatic heterocycles. The summed E-state index contributed by atoms with van der Waals surface area (Å²) >= 11 is 0. The summed E-state index contributed by atoms with van der Waals surface area (Å²) in [4.78, 5) is 17.4. The number of hydrogen-bond acceptors (Lipinski definition) is 5. The van der Waals surface area contributed by atoms with Crippen molar-refractivity contribution >= 4 is 11.8 Å². The molecule has 1 N–H and O–H groups in total. The highest BCUT2D eigenvalue weighted by molar-refractivity contribution is 5.94. The molecule has 0 fully saturated rings. The van der Waals surface area contributed by atoms with Crippen molar-refractivity contribution in [3.05, 3.63) is 23.9 Å². The van der Waals surface area contributed by atoms with E-state index < -0.39 is 5.97 Å². The molecule has 1 atom stereocenters. The minimum absolute atomic E-state index is 0.00626. The lowest BCUT2D eigenvalue weighted by Crippen LogP contribution is -2.33. The number of carbonyl (C=O) groups excluding carboxylic acids is 1. The van der Waals surface area contributed by atoms with E-state index in [0.717, 1.165) is 0 Å². The van der Waals surface area contributed by atoms with Crippen LogP contribution in [0.2, 0.25) is 0 Å². The Balaban J connectivity index is 3.08. The summed E-state index contributed by atoms with van der Waals surface area (Å²) in [6.07, 6.45) is 1.60. The van der Waals surface area contributed by atoms with Gasteiger partial charge in [-0.3, -0.25) is 0 Å². The molecular weight excluding hydrogens is 208 g/mol. The van der Waals surface area contributed by atoms with Gasteiger partial charge in [-0.1, -0.05) is 0 Å². The second-order valence-electron chi connectivity index (χ2n) is 3.51. The number of pyridine rings is 1. The first-order valence-electron chi connectivity index (χ1n) is 4.98. The fourth-order valence-corrected chi connectivity index (χ4v) is 1.28. The van der Waals surface area contributed by atoms with Crippen LogP contribution in [0.25, 0.3) is 0 Å². The number of hydrogen-bond donors (Lipinski definition) is 1. The summed E-state index contributed by atoms with van der Waals surface area (Å²) in [5, 5.41) is 9.07. The zero-order valence-electron chi connectivity index (χ0n) is 9.67. The highest BCUT2D eigenvalue weighted by atomic mass is 16.5. The maximum atomic E-state index is 11.5. The molecule has 1 aromatic heterocycles. The average Bonchev–Trinajstić information content (AvgIpc) is 2.35. The van der Waals surface area contributed by atoms with Crippen LogP contribution in [0, 0.1) is 0 Å². The Bertz CT molecular complexity index is 368. The Morgan fingerprint density at radius 3 is 2.94 bits per heavy atom. The van der Waals surface area contributed by atoms with Crippen molar-refractivity contribution in [1.82, 2.24) is 4.98 Å². The van der Waals surface area contributed by atoms with Crippen LogP contribution >= 0.6 is 0 Å². The zero-order valence-corrected chi connectivity index (χ0v) is 9.67. The van der Waals surface area contributed by atoms with Crippen molar-refractivity contribution in [1.29, 1.82) is 0 Å². The molecule has 1 unspecified atom stereocenters. The number of likely N-dealkylation sites (N-methyl/N-ethyl adjacent to an activating group) is 1. The smallest absolute Gasteiger partial charge is 0.341 e. The monoisotopic (exact) mass is 224 g/mol. The topological polar surface area (TPSA) is 62.7 Å². The molecule has 0 saturated carbocycles. The van der Waals surface area contributed by atoms with Crippen LogP contribution in [0.3, 0.4) is 0 Å². The lowest BCUT2D eigenvalue weighted by Gasteiger charge is -2.25. The van der Waals surface area contributed by atoms with Gasteiger partial charge in [-0.2, -0.15) is 0 Å². The number of esters is 1. The SMILES string of the molecule is COC(=O)c1cccnc1N(C)C(C)CO. The van der Waals surface area contributed by atoms with Crippen molar-refractivity contribution in [2.75, 3.05) is 25.7 Å². The molecular formula is C11H16N2O3. The van der Waals surface area contributed by atoms with E-state index in [0.29, 0.717) is 11.4 Å². The predicted molar refractivity (Wildman–Crippen MR) is 60.5 cm³/mol. The standard InChI is InChI=1S/C11H16N2O3/c1-8(7-14)13(2)10-9(11(15)16-3)5-4-6-12-10/h4-6,8,14H,7H2,1-3H3. The zero-order chi connectivity index (χ0) is 12.1. The van der Waals surface area contributed by atoms with Gasteiger partial charge < -0.3 is 14.7 Å². The highest BCUT2D eigenvalue weighted by Gasteiger charge is 2.18. The van der Waals surface area contributed by atoms with Gasteiger partial charge in [-0.05, 0) is 19.1 Å². The summed E-state index contributed by atoms with van der Waals surface area (Å²) in [6, 6.07) is 3.21. The highest BCUT2D eigenvalue weighted by Crippen LogP contribution is 2.18. The number of carbonyl (C=O) groups is 1. The Kier molecular flexibility index (Phi) is 4.25. The van der Waals surface area contributed by atoms with Gasteiger partial charge in [0.15, 0.2) is 0 Å². The maximum Gasteiger partial charge on any atom is 0.341 e. The lowest BCUT2D eigenvalue weighted by atomic mass is 10.2. The van der Waals surface area contributed by atoms with Crippen LogP contribution in [0.1, 0.15) is 17.3 Å². The molecule has 0 spiro atoms. The van der Waals surface area contributed by atoms with Crippen LogP contribution in [-0.2, 0) is 4.74 Å². The van der Waals surface area contributed by atoms with Gasteiger partial charge in [0, 0.05) is 13.2 Å². The maximum absolute atomic E-state index is 11.5. The van der Waals surface area contributed by atoms with Crippen molar-refractivity contribution in [3.63, 3.8) is 0 Å². The first-order chi connectivity index (χ1) is 7.61. The fourth-order valence-electron chi connectivity index (χ4n) is 1.28. The van der Waals surface area contributed by atoms with E-state index in [1.54, 1.807) is 30.3 Å². The second-order valence-corrected chi connectivity index (χ2v) is 3.51. The molecule has 1 rings (SSSR count). The molecule has 0 aliphatic carbocycles. The third kappa shape index (κ3) is 2.49. The van der Waals surface area contributed by atoms with Crippen LogP contribution < -0.4 is 4.90 Å². The fraction of sp³-hybridized carbons (Fsp3) is 0.455. The third-order valence-electron chi connectivity index (χ3n) is 2.45. The Morgan fingerprint density at radius 2 is 2.38 bits per heavy atom. The molecule has 0 radical (unpaired) electrons. The Labute approximate surface area is 94.7 Å². The second kappa shape index (κ2) is 5.46. The molecule has 5 nitrogen and oxygen atoms in total. The molecule has 0 bridgehead atoms. The molecule has 16 heavy (non-hydrogen) atoms. The molecule has 0 aromatic carbocycles. The largest absolute Gasteiger partial charge is 0.465 e. The lowest BCUT2D eigenvalue weighted by molar-refractivity contribution is 0.0601. The first-order valence-corrected chi connectivity index (χ1v) is 4.98. The van der Waals surface area contributed by atoms with Gasteiger partial charge in [0.05, 0.1) is 19.8 Å². The molecule has 0 amide bonds. The number of ether oxygens (including phenoxy) is 1. The molecule has 1 aromatic rings. The van der Waals surface area contributed by atoms with Crippen LogP contribution in [0.5, 0.6) is 0 Å². The van der Waals surface area contributed by atoms with Gasteiger partial charge in [0.25, 0.3) is 0 Å². The van der Waals surface area contributed by atoms with Crippen LogP contribution in [0.15, 0.2) is 18.3 Å². The normalized spacial score (nSPS) is 12.0. The number of nitrogens with zero attached hydrogens (tertiary/aromatic N) is 2. The molecule has 1 heterocycles. The minimum Gasteiger partial charge on any atom is -0.465 e. The van der Waals surface area contributed by atoms with E-state index in [1.807, 2.05) is 6.92 Å². The summed E-state index contributed by atoms with van der Waals surface area (Å²) < 4.78 is 4.67. The van der Waals surface area contributed by atoms with Crippen molar-refractivity contribution in [3.8, 4) is 0 Å². The summed E-state index contributed by atoms with van der Waals surface area (Å²) in [5.41, 5.74) is 0.396. The van der Waals surface area contributed by atoms with E-state index in [4.69, 9.17) is 5.11 Å². The van der Waals surface area contributed by atoms with E-state index in [-0.39, 0.29) is 12.6 Å². The van der Waals surface area contributed by atoms with E-state index in [1.165, 1.54) is 7.11 Å². The number of rotatable bonds is 4. The van der Waals surface area contributed by atoms with Gasteiger partial charge in [-0.15, -0.1) is 0 Å². The molecule has 0 saturated heterocycles. The number of aliphatic hydroxyl groups excluding tert-OH is 1. The van der Waals surface area contributed by atoms with Crippen molar-refractivity contribution in [2.24, 2.45) is 0 Å². The molecule has 88 valence electrons. The van der Waals surface area contributed by atoms with Crippen LogP contribution in [-0.4, -0.2) is 42.9 Å². The average molecular weight is 224 g/mol. The molecule has 0 aliphatic rings. The van der Waals surface area contributed by atoms with Gasteiger partial charge in [-0.25, -0.2) is 9.78 Å². The Morgan fingerprint density at radius 1 is 1.69 bits per heavy atom. The third-order valence-corrected chi connectivity index (χ3v) is 2.45. The first kappa shape index (κ1) is 12.4. The van der Waals surface area contributed by atoms with Gasteiger partial charge in [0.1, 0.15) is 11.4 Å². The Hall–Kier alpha value is -1.62. The minimum atomic E-state index is -0.430. The number of aromatic nitrogens is 1. The summed E-state index contributed by atoms with van der Waals surface area (Å²) in [7, 11) is 3.10. The van der Waals surface area contributed by atoms with Crippen molar-refractivity contribution in [2.45, 2.75) is 13.0 Å². The predicted octanol–water partition coefficient (Wildman–Crippen LogP) is 0.685. The van der Waals surface area contributed by atoms with Gasteiger partial charge >= 0.3 is 5.97 Å². The van der Waals surface area contributed by atoms with E-state index in [9.17, 15) is 4.79 Å². The number of aliphatic hydroxyl groups is 1. The van der Waals surface area contributed by atoms with E-state index in [2.05, 4.69) is 9.72 Å². The quantitative estimate of drug-likeness (QED) is 0.762. The number of anilines is 1. The summed E-state index contributed by atoms with van der Waals surface area (Å²) in [5.74, 6) is 0.0796. The summed E-state index contributed by atoms with van der Waals surface area (Å²) in [6.45, 7) is 1.84. The van der Waals surface area contributed by atoms with Crippen molar-refractivity contribution < 1.29 is 14.6 Å². The molecule has 5 heteroatoms. The van der Waals surface area contributed by atoms with Gasteiger partial charge in [0.2, 0.25) is 0 Å². The number of methoxy groups -OCH3 is 1.